The summed E-state index contributed by atoms with van der Waals surface area (Å²) in [5.41, 5.74) is 6.03. The molecule has 2 aromatic rings. The summed E-state index contributed by atoms with van der Waals surface area (Å²) >= 11 is 1.28. The number of amides is 1. The zero-order valence-electron chi connectivity index (χ0n) is 19.8. The third kappa shape index (κ3) is 4.83. The van der Waals surface area contributed by atoms with Crippen LogP contribution in [0, 0.1) is 30.1 Å². The Morgan fingerprint density at radius 3 is 2.84 bits per heavy atom. The number of nitrogens with two attached hydrogens (primary N) is 1. The molecule has 2 aliphatic heterocycles. The summed E-state index contributed by atoms with van der Waals surface area (Å²) in [6.07, 6.45) is 5.20. The minimum absolute atomic E-state index is 0.0844. The molecule has 10 heteroatoms. The van der Waals surface area contributed by atoms with E-state index in [2.05, 4.69) is 26.7 Å². The van der Waals surface area contributed by atoms with Gasteiger partial charge in [0.15, 0.2) is 5.17 Å². The second kappa shape index (κ2) is 9.97. The van der Waals surface area contributed by atoms with E-state index in [0.29, 0.717) is 49.7 Å². The fourth-order valence-corrected chi connectivity index (χ4v) is 6.12. The fourth-order valence-electron chi connectivity index (χ4n) is 4.80. The highest BCUT2D eigenvalue weighted by Crippen LogP contribution is 2.66. The fraction of sp³-hybridized carbons (Fsp3) is 0.333. The van der Waals surface area contributed by atoms with Gasteiger partial charge in [-0.3, -0.25) is 9.78 Å². The molecule has 5 rings (SSSR count). The number of hydrogen-bond donors (Lipinski definition) is 1. The van der Waals surface area contributed by atoms with Crippen LogP contribution in [0.2, 0.25) is 0 Å². The van der Waals surface area contributed by atoms with Crippen molar-refractivity contribution in [1.29, 1.82) is 0 Å². The van der Waals surface area contributed by atoms with Gasteiger partial charge < -0.3 is 15.4 Å². The van der Waals surface area contributed by atoms with Crippen LogP contribution in [0.5, 0.6) is 0 Å². The first-order chi connectivity index (χ1) is 17.9. The summed E-state index contributed by atoms with van der Waals surface area (Å²) in [5, 5.41) is 0.148. The zero-order valence-corrected chi connectivity index (χ0v) is 20.6. The number of morpholine rings is 1. The number of hydrogen-bond acceptors (Lipinski definition) is 6. The van der Waals surface area contributed by atoms with Gasteiger partial charge in [-0.05, 0) is 36.6 Å². The molecule has 3 heterocycles. The average molecular weight is 520 g/mol. The number of carbonyl (C=O) groups excluding carboxylic acids is 1. The van der Waals surface area contributed by atoms with Gasteiger partial charge >= 0.3 is 0 Å². The van der Waals surface area contributed by atoms with Gasteiger partial charge in [-0.25, -0.2) is 18.6 Å². The van der Waals surface area contributed by atoms with Crippen molar-refractivity contribution in [2.75, 3.05) is 33.0 Å². The lowest BCUT2D eigenvalue weighted by atomic mass is 9.84. The maximum Gasteiger partial charge on any atom is 0.246 e. The molecule has 2 N–H and O–H groups in total. The molecule has 1 saturated heterocycles. The second-order valence-corrected chi connectivity index (χ2v) is 10.4. The molecule has 2 fully saturated rings. The minimum atomic E-state index is -1.51. The molecule has 3 aliphatic rings. The van der Waals surface area contributed by atoms with Crippen molar-refractivity contribution in [1.82, 2.24) is 9.88 Å². The molecule has 1 aromatic heterocycles. The Morgan fingerprint density at radius 2 is 2.14 bits per heavy atom. The van der Waals surface area contributed by atoms with Crippen molar-refractivity contribution in [3.05, 3.63) is 82.7 Å². The normalized spacial score (nSPS) is 26.5. The SMILES string of the molecule is [C-]#[N+]c1ccc(C#Cc2ccc(F)c([C@@]3(CF)N=C(N)S[C@@]4(/C=C/C(=O)N5CCOCC5)C[C@H]43)c2)nc1. The van der Waals surface area contributed by atoms with Gasteiger partial charge in [0.25, 0.3) is 0 Å². The van der Waals surface area contributed by atoms with E-state index in [1.807, 2.05) is 0 Å². The molecule has 1 amide bonds. The Morgan fingerprint density at radius 1 is 1.32 bits per heavy atom. The predicted molar refractivity (Wildman–Crippen MR) is 137 cm³/mol. The summed E-state index contributed by atoms with van der Waals surface area (Å²) < 4.78 is 34.7. The largest absolute Gasteiger partial charge is 0.378 e. The number of pyridine rings is 1. The predicted octanol–water partition coefficient (Wildman–Crippen LogP) is 3.57. The minimum Gasteiger partial charge on any atom is -0.378 e. The molecule has 0 unspecified atom stereocenters. The molecule has 3 atom stereocenters. The van der Waals surface area contributed by atoms with Crippen molar-refractivity contribution in [3.8, 4) is 11.8 Å². The first-order valence-corrected chi connectivity index (χ1v) is 12.5. The van der Waals surface area contributed by atoms with Gasteiger partial charge in [0.05, 0.1) is 19.8 Å². The topological polar surface area (TPSA) is 85.2 Å². The van der Waals surface area contributed by atoms with E-state index < -0.39 is 22.8 Å². The Hall–Kier alpha value is -3.73. The van der Waals surface area contributed by atoms with E-state index in [4.69, 9.17) is 17.0 Å². The molecule has 7 nitrogen and oxygen atoms in total. The Kier molecular flexibility index (Phi) is 6.72. The number of amidine groups is 1. The number of halogens is 2. The van der Waals surface area contributed by atoms with Crippen molar-refractivity contribution in [3.63, 3.8) is 0 Å². The lowest BCUT2D eigenvalue weighted by Gasteiger charge is -2.34. The first-order valence-electron chi connectivity index (χ1n) is 11.7. The second-order valence-electron chi connectivity index (χ2n) is 9.05. The lowest BCUT2D eigenvalue weighted by Crippen LogP contribution is -2.41. The molecule has 1 aliphatic carbocycles. The molecule has 1 aromatic carbocycles. The number of nitrogens with zero attached hydrogens (tertiary/aromatic N) is 4. The van der Waals surface area contributed by atoms with E-state index in [1.165, 1.54) is 42.2 Å². The van der Waals surface area contributed by atoms with Gasteiger partial charge in [0, 0.05) is 47.2 Å². The van der Waals surface area contributed by atoms with E-state index >= 15 is 4.39 Å². The smallest absolute Gasteiger partial charge is 0.246 e. The van der Waals surface area contributed by atoms with Crippen molar-refractivity contribution < 1.29 is 18.3 Å². The highest BCUT2D eigenvalue weighted by atomic mass is 32.2. The van der Waals surface area contributed by atoms with Crippen LogP contribution in [0.4, 0.5) is 14.5 Å². The van der Waals surface area contributed by atoms with Crippen LogP contribution in [0.25, 0.3) is 4.85 Å². The van der Waals surface area contributed by atoms with E-state index in [-0.39, 0.29) is 22.6 Å². The van der Waals surface area contributed by atoms with Crippen molar-refractivity contribution in [2.24, 2.45) is 16.6 Å². The van der Waals surface area contributed by atoms with Gasteiger partial charge in [0.1, 0.15) is 23.7 Å². The summed E-state index contributed by atoms with van der Waals surface area (Å²) in [4.78, 5) is 26.2. The number of aliphatic imine (C=N–C) groups is 1. The lowest BCUT2D eigenvalue weighted by molar-refractivity contribution is -0.130. The molecule has 188 valence electrons. The summed E-state index contributed by atoms with van der Waals surface area (Å²) in [6, 6.07) is 7.51. The first kappa shape index (κ1) is 24.9. The summed E-state index contributed by atoms with van der Waals surface area (Å²) in [6.45, 7) is 8.08. The molecule has 1 saturated carbocycles. The Balaban J connectivity index is 1.44. The zero-order chi connectivity index (χ0) is 26.0. The van der Waals surface area contributed by atoms with Crippen LogP contribution in [0.3, 0.4) is 0 Å². The summed E-state index contributed by atoms with van der Waals surface area (Å²) in [5.74, 6) is 4.70. The van der Waals surface area contributed by atoms with Crippen LogP contribution in [-0.2, 0) is 15.1 Å². The van der Waals surface area contributed by atoms with Crippen LogP contribution in [0.15, 0.2) is 53.7 Å². The number of benzene rings is 1. The maximum atomic E-state index is 15.2. The Labute approximate surface area is 217 Å². The van der Waals surface area contributed by atoms with Gasteiger partial charge in [-0.15, -0.1) is 0 Å². The number of ether oxygens (including phenoxy) is 1. The molecular formula is C27H23F2N5O2S. The molecule has 0 radical (unpaired) electrons. The average Bonchev–Trinajstić information content (AvgIpc) is 3.66. The maximum absolute atomic E-state index is 15.2. The van der Waals surface area contributed by atoms with Crippen LogP contribution in [0.1, 0.15) is 23.2 Å². The van der Waals surface area contributed by atoms with Crippen molar-refractivity contribution >= 4 is 28.5 Å². The highest BCUT2D eigenvalue weighted by molar-refractivity contribution is 8.15. The van der Waals surface area contributed by atoms with Gasteiger partial charge in [-0.1, -0.05) is 29.8 Å². The molecule has 0 bridgehead atoms. The number of thioether (sulfide) groups is 1. The van der Waals surface area contributed by atoms with E-state index in [1.54, 1.807) is 23.1 Å². The quantitative estimate of drug-likeness (QED) is 0.379. The Bertz CT molecular complexity index is 1390. The van der Waals surface area contributed by atoms with Crippen LogP contribution >= 0.6 is 11.8 Å². The molecule has 37 heavy (non-hydrogen) atoms. The number of carbonyl (C=O) groups is 1. The number of aromatic nitrogens is 1. The number of fused-ring (bicyclic) bond motifs is 1. The van der Waals surface area contributed by atoms with Crippen LogP contribution < -0.4 is 5.73 Å². The monoisotopic (exact) mass is 519 g/mol. The molecule has 0 spiro atoms. The number of alkyl halides is 1. The highest BCUT2D eigenvalue weighted by Gasteiger charge is 2.67. The van der Waals surface area contributed by atoms with Crippen molar-refractivity contribution in [2.45, 2.75) is 16.7 Å². The standard InChI is InChI=1S/C27H23F2N5O2S/c1-31-20-6-5-19(32-16-20)4-2-18-3-7-22(29)21(14-18)27(17-28)23-15-26(23,37-25(30)33-27)9-8-24(35)34-10-12-36-13-11-34/h3,5-9,14,16,23H,10-13,15,17H2,(H2,30,33)/b9-8+/t23-,26+,27-/m1/s1. The van der Waals surface area contributed by atoms with Crippen LogP contribution in [-0.4, -0.2) is 58.7 Å². The van der Waals surface area contributed by atoms with Gasteiger partial charge in [-0.2, -0.15) is 0 Å². The van der Waals surface area contributed by atoms with E-state index in [0.717, 1.165) is 0 Å². The number of rotatable bonds is 4. The van der Waals surface area contributed by atoms with Gasteiger partial charge in [0.2, 0.25) is 11.6 Å². The van der Waals surface area contributed by atoms with E-state index in [9.17, 15) is 9.18 Å². The third-order valence-corrected chi connectivity index (χ3v) is 8.08. The third-order valence-electron chi connectivity index (χ3n) is 6.81. The summed E-state index contributed by atoms with van der Waals surface area (Å²) in [7, 11) is 0. The molecular weight excluding hydrogens is 496 g/mol.